The van der Waals surface area contributed by atoms with Crippen LogP contribution < -0.4 is 5.32 Å². The van der Waals surface area contributed by atoms with Crippen LogP contribution in [0.2, 0.25) is 0 Å². The number of nitro benzene ring substituents is 1. The highest BCUT2D eigenvalue weighted by molar-refractivity contribution is 5.89. The molecule has 21 heavy (non-hydrogen) atoms. The predicted molar refractivity (Wildman–Crippen MR) is 75.5 cm³/mol. The van der Waals surface area contributed by atoms with Crippen LogP contribution in [-0.4, -0.2) is 32.3 Å². The molecule has 2 N–H and O–H groups in total. The quantitative estimate of drug-likeness (QED) is 0.618. The summed E-state index contributed by atoms with van der Waals surface area (Å²) in [6.45, 7) is 0.485. The topological polar surface area (TPSA) is 110 Å². The fraction of sp³-hybridized carbons (Fsp3) is 0.231. The molecule has 0 saturated carbocycles. The van der Waals surface area contributed by atoms with Crippen molar-refractivity contribution in [2.75, 3.05) is 11.9 Å². The number of benzene rings is 1. The van der Waals surface area contributed by atoms with Crippen LogP contribution in [0, 0.1) is 10.1 Å². The van der Waals surface area contributed by atoms with Crippen molar-refractivity contribution in [2.24, 2.45) is 7.05 Å². The number of carboxylic acid groups (broad SMARTS) is 1. The molecule has 0 aliphatic rings. The Bertz CT molecular complexity index is 681. The number of hydrogen-bond acceptors (Lipinski definition) is 5. The lowest BCUT2D eigenvalue weighted by Crippen LogP contribution is -2.08. The third-order valence-corrected chi connectivity index (χ3v) is 2.93. The normalized spacial score (nSPS) is 10.3. The molecule has 110 valence electrons. The van der Waals surface area contributed by atoms with Gasteiger partial charge in [-0.1, -0.05) is 0 Å². The molecule has 2 aromatic rings. The second kappa shape index (κ2) is 6.04. The van der Waals surface area contributed by atoms with Crippen molar-refractivity contribution in [3.63, 3.8) is 0 Å². The maximum atomic E-state index is 11.0. The summed E-state index contributed by atoms with van der Waals surface area (Å²) < 4.78 is 1.68. The summed E-state index contributed by atoms with van der Waals surface area (Å²) in [5.74, 6) is -1.19. The van der Waals surface area contributed by atoms with E-state index in [1.165, 1.54) is 12.1 Å². The molecule has 1 aromatic carbocycles. The molecule has 0 bridgehead atoms. The van der Waals surface area contributed by atoms with Crippen LogP contribution in [0.15, 0.2) is 30.6 Å². The third kappa shape index (κ3) is 3.56. The highest BCUT2D eigenvalue weighted by Crippen LogP contribution is 2.25. The second-order valence-electron chi connectivity index (χ2n) is 4.49. The van der Waals surface area contributed by atoms with E-state index in [4.69, 9.17) is 5.11 Å². The van der Waals surface area contributed by atoms with Gasteiger partial charge in [0.05, 0.1) is 16.7 Å². The van der Waals surface area contributed by atoms with Gasteiger partial charge < -0.3 is 10.4 Å². The first-order valence-electron chi connectivity index (χ1n) is 6.20. The van der Waals surface area contributed by atoms with Gasteiger partial charge >= 0.3 is 5.97 Å². The van der Waals surface area contributed by atoms with Gasteiger partial charge in [-0.3, -0.25) is 14.8 Å². The minimum atomic E-state index is -1.19. The molecule has 0 spiro atoms. The van der Waals surface area contributed by atoms with Crippen molar-refractivity contribution in [1.82, 2.24) is 9.78 Å². The maximum Gasteiger partial charge on any atom is 0.335 e. The summed E-state index contributed by atoms with van der Waals surface area (Å²) in [6.07, 6.45) is 4.25. The van der Waals surface area contributed by atoms with Crippen LogP contribution in [0.1, 0.15) is 15.9 Å². The fourth-order valence-corrected chi connectivity index (χ4v) is 1.91. The molecule has 0 aliphatic carbocycles. The van der Waals surface area contributed by atoms with Gasteiger partial charge in [0.25, 0.3) is 5.69 Å². The Labute approximate surface area is 120 Å². The zero-order valence-corrected chi connectivity index (χ0v) is 11.3. The van der Waals surface area contributed by atoms with E-state index in [9.17, 15) is 14.9 Å². The Morgan fingerprint density at radius 2 is 2.29 bits per heavy atom. The van der Waals surface area contributed by atoms with Crippen molar-refractivity contribution in [3.05, 3.63) is 51.8 Å². The van der Waals surface area contributed by atoms with Gasteiger partial charge in [-0.05, 0) is 24.1 Å². The summed E-state index contributed by atoms with van der Waals surface area (Å²) in [6, 6.07) is 3.79. The van der Waals surface area contributed by atoms with Crippen molar-refractivity contribution >= 4 is 17.3 Å². The number of nitro groups is 1. The zero-order valence-electron chi connectivity index (χ0n) is 11.3. The van der Waals surface area contributed by atoms with Crippen LogP contribution in [0.3, 0.4) is 0 Å². The molecule has 0 saturated heterocycles. The van der Waals surface area contributed by atoms with Crippen LogP contribution in [-0.2, 0) is 13.5 Å². The largest absolute Gasteiger partial charge is 0.478 e. The van der Waals surface area contributed by atoms with Crippen molar-refractivity contribution in [2.45, 2.75) is 6.42 Å². The van der Waals surface area contributed by atoms with Crippen LogP contribution in [0.5, 0.6) is 0 Å². The molecule has 2 rings (SSSR count). The van der Waals surface area contributed by atoms with Gasteiger partial charge in [-0.25, -0.2) is 4.79 Å². The minimum absolute atomic E-state index is 0.112. The Balaban J connectivity index is 2.08. The van der Waals surface area contributed by atoms with Gasteiger partial charge in [0.2, 0.25) is 0 Å². The van der Waals surface area contributed by atoms with E-state index >= 15 is 0 Å². The van der Waals surface area contributed by atoms with E-state index in [2.05, 4.69) is 10.4 Å². The molecule has 8 heteroatoms. The maximum absolute atomic E-state index is 11.0. The van der Waals surface area contributed by atoms with Gasteiger partial charge in [0.15, 0.2) is 0 Å². The van der Waals surface area contributed by atoms with E-state index in [-0.39, 0.29) is 11.3 Å². The molecule has 0 aliphatic heterocycles. The lowest BCUT2D eigenvalue weighted by atomic mass is 10.1. The SMILES string of the molecule is Cn1cc(CCNc2ccc(C(=O)O)cc2[N+](=O)[O-])cn1. The average molecular weight is 290 g/mol. The molecular formula is C13H14N4O4. The number of aromatic nitrogens is 2. The van der Waals surface area contributed by atoms with E-state index in [1.54, 1.807) is 10.9 Å². The average Bonchev–Trinajstić information content (AvgIpc) is 2.84. The monoisotopic (exact) mass is 290 g/mol. The molecule has 1 aromatic heterocycles. The standard InChI is InChI=1S/C13H14N4O4/c1-16-8-9(7-15-16)4-5-14-11-3-2-10(13(18)19)6-12(11)17(20)21/h2-3,6-8,14H,4-5H2,1H3,(H,18,19). The van der Waals surface area contributed by atoms with Crippen LogP contribution in [0.25, 0.3) is 0 Å². The van der Waals surface area contributed by atoms with E-state index < -0.39 is 10.9 Å². The fourth-order valence-electron chi connectivity index (χ4n) is 1.91. The van der Waals surface area contributed by atoms with E-state index in [0.717, 1.165) is 11.6 Å². The highest BCUT2D eigenvalue weighted by Gasteiger charge is 2.16. The number of carbonyl (C=O) groups is 1. The first-order valence-corrected chi connectivity index (χ1v) is 6.20. The Morgan fingerprint density at radius 3 is 2.86 bits per heavy atom. The molecular weight excluding hydrogens is 276 g/mol. The number of nitrogens with one attached hydrogen (secondary N) is 1. The van der Waals surface area contributed by atoms with Crippen LogP contribution >= 0.6 is 0 Å². The number of aryl methyl sites for hydroxylation is 1. The molecule has 0 atom stereocenters. The Kier molecular flexibility index (Phi) is 4.17. The lowest BCUT2D eigenvalue weighted by molar-refractivity contribution is -0.384. The second-order valence-corrected chi connectivity index (χ2v) is 4.49. The summed E-state index contributed by atoms with van der Waals surface area (Å²) in [4.78, 5) is 21.2. The molecule has 0 amide bonds. The molecule has 0 radical (unpaired) electrons. The Hall–Kier alpha value is -2.90. The number of aromatic carboxylic acids is 1. The van der Waals surface area contributed by atoms with E-state index in [1.807, 2.05) is 13.2 Å². The van der Waals surface area contributed by atoms with Crippen molar-refractivity contribution in [1.29, 1.82) is 0 Å². The summed E-state index contributed by atoms with van der Waals surface area (Å²) in [7, 11) is 1.81. The van der Waals surface area contributed by atoms with Gasteiger partial charge in [0.1, 0.15) is 5.69 Å². The lowest BCUT2D eigenvalue weighted by Gasteiger charge is -2.07. The Morgan fingerprint density at radius 1 is 1.52 bits per heavy atom. The number of nitrogens with zero attached hydrogens (tertiary/aromatic N) is 3. The number of rotatable bonds is 6. The highest BCUT2D eigenvalue weighted by atomic mass is 16.6. The van der Waals surface area contributed by atoms with E-state index in [0.29, 0.717) is 18.7 Å². The first kappa shape index (κ1) is 14.5. The van der Waals surface area contributed by atoms with Gasteiger partial charge in [-0.15, -0.1) is 0 Å². The molecule has 0 unspecified atom stereocenters. The van der Waals surface area contributed by atoms with Gasteiger partial charge in [-0.2, -0.15) is 5.10 Å². The summed E-state index contributed by atoms with van der Waals surface area (Å²) in [5, 5.41) is 26.8. The number of carboxylic acids is 1. The van der Waals surface area contributed by atoms with Gasteiger partial charge in [0, 0.05) is 25.9 Å². The molecule has 1 heterocycles. The number of hydrogen-bond donors (Lipinski definition) is 2. The minimum Gasteiger partial charge on any atom is -0.478 e. The summed E-state index contributed by atoms with van der Waals surface area (Å²) >= 11 is 0. The smallest absolute Gasteiger partial charge is 0.335 e. The van der Waals surface area contributed by atoms with Crippen LogP contribution in [0.4, 0.5) is 11.4 Å². The van der Waals surface area contributed by atoms with Crippen molar-refractivity contribution < 1.29 is 14.8 Å². The third-order valence-electron chi connectivity index (χ3n) is 2.93. The predicted octanol–water partition coefficient (Wildman–Crippen LogP) is 1.68. The van der Waals surface area contributed by atoms with Crippen molar-refractivity contribution in [3.8, 4) is 0 Å². The summed E-state index contributed by atoms with van der Waals surface area (Å²) in [5.41, 5.74) is 0.948. The number of anilines is 1. The zero-order chi connectivity index (χ0) is 15.4. The molecule has 8 nitrogen and oxygen atoms in total. The molecule has 0 fully saturated rings. The first-order chi connectivity index (χ1) is 9.97.